The summed E-state index contributed by atoms with van der Waals surface area (Å²) in [6.45, 7) is 3.77. The van der Waals surface area contributed by atoms with Crippen molar-refractivity contribution >= 4 is 33.4 Å². The summed E-state index contributed by atoms with van der Waals surface area (Å²) in [6, 6.07) is 13.9. The van der Waals surface area contributed by atoms with Gasteiger partial charge in [0.05, 0.1) is 17.3 Å². The molecule has 1 aromatic heterocycles. The summed E-state index contributed by atoms with van der Waals surface area (Å²) in [5.74, 6) is -0.108. The van der Waals surface area contributed by atoms with E-state index in [0.717, 1.165) is 10.2 Å². The minimum atomic E-state index is -0.709. The molecular formula is C21H23N3O3S. The van der Waals surface area contributed by atoms with Crippen LogP contribution in [0.25, 0.3) is 10.2 Å². The molecule has 0 spiro atoms. The quantitative estimate of drug-likeness (QED) is 0.719. The Morgan fingerprint density at radius 3 is 2.39 bits per heavy atom. The zero-order chi connectivity index (χ0) is 20.3. The lowest BCUT2D eigenvalue weighted by atomic mass is 10.0. The minimum absolute atomic E-state index is 0.0990. The number of nitrogens with zero attached hydrogens (tertiary/aromatic N) is 2. The van der Waals surface area contributed by atoms with Gasteiger partial charge < -0.3 is 14.6 Å². The van der Waals surface area contributed by atoms with Crippen LogP contribution in [0.3, 0.4) is 0 Å². The first-order chi connectivity index (χ1) is 13.4. The molecule has 1 unspecified atom stereocenters. The van der Waals surface area contributed by atoms with Crippen molar-refractivity contribution in [3.63, 3.8) is 0 Å². The Labute approximate surface area is 167 Å². The van der Waals surface area contributed by atoms with Gasteiger partial charge in [-0.05, 0) is 42.3 Å². The number of thiazole rings is 1. The zero-order valence-corrected chi connectivity index (χ0v) is 17.1. The third kappa shape index (κ3) is 4.14. The van der Waals surface area contributed by atoms with Gasteiger partial charge in [-0.15, -0.1) is 0 Å². The van der Waals surface area contributed by atoms with Gasteiger partial charge in [-0.25, -0.2) is 0 Å². The largest absolute Gasteiger partial charge is 0.497 e. The molecule has 7 heteroatoms. The van der Waals surface area contributed by atoms with Crippen molar-refractivity contribution in [3.05, 3.63) is 58.9 Å². The van der Waals surface area contributed by atoms with Crippen LogP contribution in [-0.4, -0.2) is 29.5 Å². The number of benzene rings is 2. The SMILES string of the molecule is COc1ccc(C(=O)NC(C(=O)N=c2sc3ccccc3n2C)C(C)C)cc1. The molecule has 1 heterocycles. The Bertz CT molecular complexity index is 1060. The van der Waals surface area contributed by atoms with Crippen LogP contribution in [0, 0.1) is 5.92 Å². The van der Waals surface area contributed by atoms with Gasteiger partial charge in [0.25, 0.3) is 11.8 Å². The Hall–Kier alpha value is -2.93. The van der Waals surface area contributed by atoms with E-state index in [-0.39, 0.29) is 17.7 Å². The van der Waals surface area contributed by atoms with Crippen LogP contribution in [0.4, 0.5) is 0 Å². The maximum Gasteiger partial charge on any atom is 0.271 e. The van der Waals surface area contributed by atoms with Crippen LogP contribution < -0.4 is 14.9 Å². The van der Waals surface area contributed by atoms with Gasteiger partial charge in [0.1, 0.15) is 11.8 Å². The van der Waals surface area contributed by atoms with Crippen molar-refractivity contribution < 1.29 is 14.3 Å². The lowest BCUT2D eigenvalue weighted by Crippen LogP contribution is -2.44. The fourth-order valence-corrected chi connectivity index (χ4v) is 3.86. The van der Waals surface area contributed by atoms with Crippen LogP contribution in [0.1, 0.15) is 24.2 Å². The monoisotopic (exact) mass is 397 g/mol. The second-order valence-corrected chi connectivity index (χ2v) is 7.79. The molecule has 2 aromatic carbocycles. The van der Waals surface area contributed by atoms with E-state index in [1.807, 2.05) is 49.7 Å². The molecule has 3 rings (SSSR count). The summed E-state index contributed by atoms with van der Waals surface area (Å²) in [7, 11) is 3.45. The summed E-state index contributed by atoms with van der Waals surface area (Å²) >= 11 is 1.45. The average molecular weight is 398 g/mol. The highest BCUT2D eigenvalue weighted by atomic mass is 32.1. The highest BCUT2D eigenvalue weighted by Crippen LogP contribution is 2.16. The zero-order valence-electron chi connectivity index (χ0n) is 16.3. The van der Waals surface area contributed by atoms with Gasteiger partial charge >= 0.3 is 0 Å². The normalized spacial score (nSPS) is 13.0. The summed E-state index contributed by atoms with van der Waals surface area (Å²) < 4.78 is 8.05. The van der Waals surface area contributed by atoms with Gasteiger partial charge in [0.2, 0.25) is 0 Å². The van der Waals surface area contributed by atoms with E-state index in [9.17, 15) is 9.59 Å². The minimum Gasteiger partial charge on any atom is -0.497 e. The first-order valence-corrected chi connectivity index (χ1v) is 9.80. The lowest BCUT2D eigenvalue weighted by molar-refractivity contribution is -0.120. The molecule has 0 fully saturated rings. The summed E-state index contributed by atoms with van der Waals surface area (Å²) in [5, 5.41) is 2.82. The number of amides is 2. The molecule has 0 aliphatic rings. The molecule has 28 heavy (non-hydrogen) atoms. The van der Waals surface area contributed by atoms with Crippen molar-refractivity contribution in [1.29, 1.82) is 0 Å². The molecular weight excluding hydrogens is 374 g/mol. The van der Waals surface area contributed by atoms with E-state index >= 15 is 0 Å². The van der Waals surface area contributed by atoms with Crippen molar-refractivity contribution in [3.8, 4) is 5.75 Å². The average Bonchev–Trinajstić information content (AvgIpc) is 3.01. The third-order valence-electron chi connectivity index (χ3n) is 4.49. The van der Waals surface area contributed by atoms with Crippen LogP contribution in [-0.2, 0) is 11.8 Å². The van der Waals surface area contributed by atoms with Gasteiger partial charge in [-0.3, -0.25) is 9.59 Å². The summed E-state index contributed by atoms with van der Waals surface area (Å²) in [6.07, 6.45) is 0. The third-order valence-corrected chi connectivity index (χ3v) is 5.61. The first-order valence-electron chi connectivity index (χ1n) is 8.98. The molecule has 0 aliphatic carbocycles. The Balaban J connectivity index is 1.85. The van der Waals surface area contributed by atoms with E-state index in [1.165, 1.54) is 11.3 Å². The molecule has 6 nitrogen and oxygen atoms in total. The maximum atomic E-state index is 12.8. The Morgan fingerprint density at radius 2 is 1.79 bits per heavy atom. The number of rotatable bonds is 5. The maximum absolute atomic E-state index is 12.8. The Kier molecular flexibility index (Phi) is 5.94. The number of hydrogen-bond acceptors (Lipinski definition) is 4. The number of nitrogens with one attached hydrogen (secondary N) is 1. The number of methoxy groups -OCH3 is 1. The van der Waals surface area contributed by atoms with Crippen LogP contribution >= 0.6 is 11.3 Å². The predicted molar refractivity (Wildman–Crippen MR) is 110 cm³/mol. The van der Waals surface area contributed by atoms with Gasteiger partial charge in [0, 0.05) is 12.6 Å². The molecule has 0 saturated heterocycles. The topological polar surface area (TPSA) is 72.7 Å². The Morgan fingerprint density at radius 1 is 1.11 bits per heavy atom. The van der Waals surface area contributed by atoms with E-state index in [1.54, 1.807) is 31.4 Å². The number of carbonyl (C=O) groups is 2. The van der Waals surface area contributed by atoms with E-state index in [0.29, 0.717) is 16.1 Å². The molecule has 1 N–H and O–H groups in total. The van der Waals surface area contributed by atoms with Crippen molar-refractivity contribution in [1.82, 2.24) is 9.88 Å². The van der Waals surface area contributed by atoms with Crippen molar-refractivity contribution in [2.24, 2.45) is 18.0 Å². The van der Waals surface area contributed by atoms with Gasteiger partial charge in [-0.2, -0.15) is 4.99 Å². The second-order valence-electron chi connectivity index (χ2n) is 6.79. The standard InChI is InChI=1S/C21H23N3O3S/c1-13(2)18(22-19(25)14-9-11-15(27-4)12-10-14)20(26)23-21-24(3)16-7-5-6-8-17(16)28-21/h5-13,18H,1-4H3,(H,22,25). The molecule has 3 aromatic rings. The van der Waals surface area contributed by atoms with Crippen molar-refractivity contribution in [2.75, 3.05) is 7.11 Å². The fourth-order valence-electron chi connectivity index (χ4n) is 2.83. The number of aryl methyl sites for hydroxylation is 1. The lowest BCUT2D eigenvalue weighted by Gasteiger charge is -2.19. The molecule has 2 amide bonds. The number of carbonyl (C=O) groups excluding carboxylic acids is 2. The van der Waals surface area contributed by atoms with E-state index in [4.69, 9.17) is 4.74 Å². The van der Waals surface area contributed by atoms with Crippen LogP contribution in [0.5, 0.6) is 5.75 Å². The molecule has 1 atom stereocenters. The van der Waals surface area contributed by atoms with Crippen LogP contribution in [0.15, 0.2) is 53.5 Å². The number of ether oxygens (including phenoxy) is 1. The molecule has 146 valence electrons. The molecule has 0 saturated carbocycles. The first kappa shape index (κ1) is 19.8. The number of para-hydroxylation sites is 1. The van der Waals surface area contributed by atoms with Crippen molar-refractivity contribution in [2.45, 2.75) is 19.9 Å². The molecule has 0 radical (unpaired) electrons. The highest BCUT2D eigenvalue weighted by Gasteiger charge is 2.24. The highest BCUT2D eigenvalue weighted by molar-refractivity contribution is 7.16. The molecule has 0 aliphatic heterocycles. The second kappa shape index (κ2) is 8.39. The summed E-state index contributed by atoms with van der Waals surface area (Å²) in [4.78, 5) is 30.3. The predicted octanol–water partition coefficient (Wildman–Crippen LogP) is 3.13. The van der Waals surface area contributed by atoms with Crippen LogP contribution in [0.2, 0.25) is 0 Å². The molecule has 0 bridgehead atoms. The smallest absolute Gasteiger partial charge is 0.271 e. The van der Waals surface area contributed by atoms with E-state index in [2.05, 4.69) is 10.3 Å². The van der Waals surface area contributed by atoms with Gasteiger partial charge in [-0.1, -0.05) is 37.3 Å². The van der Waals surface area contributed by atoms with Gasteiger partial charge in [0.15, 0.2) is 4.80 Å². The number of fused-ring (bicyclic) bond motifs is 1. The summed E-state index contributed by atoms with van der Waals surface area (Å²) in [5.41, 5.74) is 1.48. The fraction of sp³-hybridized carbons (Fsp3) is 0.286. The van der Waals surface area contributed by atoms with E-state index < -0.39 is 6.04 Å². The number of hydrogen-bond donors (Lipinski definition) is 1. The number of aromatic nitrogens is 1.